The van der Waals surface area contributed by atoms with Gasteiger partial charge in [-0.05, 0) is 24.1 Å². The Morgan fingerprint density at radius 2 is 2.32 bits per heavy atom. The van der Waals surface area contributed by atoms with Crippen LogP contribution in [-0.4, -0.2) is 44.7 Å². The van der Waals surface area contributed by atoms with Gasteiger partial charge < -0.3 is 20.7 Å². The van der Waals surface area contributed by atoms with E-state index in [1.807, 2.05) is 24.9 Å². The highest BCUT2D eigenvalue weighted by molar-refractivity contribution is 5.81. The molecule has 106 valence electrons. The molecular formula is C13H22N4O2. The molecule has 0 radical (unpaired) electrons. The summed E-state index contributed by atoms with van der Waals surface area (Å²) in [6.45, 7) is 3.72. The van der Waals surface area contributed by atoms with E-state index in [1.54, 1.807) is 13.3 Å². The van der Waals surface area contributed by atoms with E-state index in [-0.39, 0.29) is 12.5 Å². The molecule has 6 heteroatoms. The maximum Gasteiger partial charge on any atom is 0.239 e. The number of rotatable bonds is 7. The molecule has 1 aromatic heterocycles. The number of hydrogen-bond donors (Lipinski definition) is 2. The van der Waals surface area contributed by atoms with Gasteiger partial charge in [0, 0.05) is 33.4 Å². The molecule has 6 nitrogen and oxygen atoms in total. The van der Waals surface area contributed by atoms with Crippen LogP contribution in [0.25, 0.3) is 0 Å². The number of hydrogen-bond acceptors (Lipinski definition) is 5. The Kier molecular flexibility index (Phi) is 6.24. The van der Waals surface area contributed by atoms with Crippen LogP contribution in [0.1, 0.15) is 11.1 Å². The van der Waals surface area contributed by atoms with Crippen LogP contribution in [0.3, 0.4) is 0 Å². The van der Waals surface area contributed by atoms with Crippen LogP contribution in [0, 0.1) is 6.92 Å². The smallest absolute Gasteiger partial charge is 0.239 e. The molecule has 0 aliphatic rings. The second-order valence-corrected chi connectivity index (χ2v) is 4.39. The van der Waals surface area contributed by atoms with Crippen LogP contribution in [0.15, 0.2) is 12.3 Å². The van der Waals surface area contributed by atoms with Crippen molar-refractivity contribution in [1.29, 1.82) is 0 Å². The number of ether oxygens (including phenoxy) is 1. The maximum atomic E-state index is 11.7. The predicted molar refractivity (Wildman–Crippen MR) is 75.0 cm³/mol. The SMILES string of the molecule is COCCNC(=O)CN(C)c1ncc(CN)cc1C. The Hall–Kier alpha value is -1.66. The third kappa shape index (κ3) is 4.84. The van der Waals surface area contributed by atoms with E-state index in [2.05, 4.69) is 10.3 Å². The molecule has 0 atom stereocenters. The van der Waals surface area contributed by atoms with E-state index in [1.165, 1.54) is 0 Å². The molecule has 0 saturated carbocycles. The number of likely N-dealkylation sites (N-methyl/N-ethyl adjacent to an activating group) is 1. The highest BCUT2D eigenvalue weighted by Gasteiger charge is 2.10. The quantitative estimate of drug-likeness (QED) is 0.682. The number of carbonyl (C=O) groups is 1. The van der Waals surface area contributed by atoms with E-state index >= 15 is 0 Å². The summed E-state index contributed by atoms with van der Waals surface area (Å²) in [6, 6.07) is 1.99. The summed E-state index contributed by atoms with van der Waals surface area (Å²) in [5, 5.41) is 2.77. The van der Waals surface area contributed by atoms with Crippen molar-refractivity contribution in [2.24, 2.45) is 5.73 Å². The fourth-order valence-corrected chi connectivity index (χ4v) is 1.78. The summed E-state index contributed by atoms with van der Waals surface area (Å²) in [5.41, 5.74) is 7.56. The average Bonchev–Trinajstić information content (AvgIpc) is 2.38. The zero-order valence-corrected chi connectivity index (χ0v) is 11.8. The van der Waals surface area contributed by atoms with Crippen molar-refractivity contribution in [1.82, 2.24) is 10.3 Å². The Morgan fingerprint density at radius 1 is 1.58 bits per heavy atom. The van der Waals surface area contributed by atoms with Gasteiger partial charge in [-0.25, -0.2) is 4.98 Å². The van der Waals surface area contributed by atoms with Gasteiger partial charge in [0.2, 0.25) is 5.91 Å². The second kappa shape index (κ2) is 7.70. The topological polar surface area (TPSA) is 80.5 Å². The standard InChI is InChI=1S/C13H22N4O2/c1-10-6-11(7-14)8-16-13(10)17(2)9-12(18)15-4-5-19-3/h6,8H,4-5,7,9,14H2,1-3H3,(H,15,18). The average molecular weight is 266 g/mol. The lowest BCUT2D eigenvalue weighted by Crippen LogP contribution is -2.37. The first kappa shape index (κ1) is 15.4. The summed E-state index contributed by atoms with van der Waals surface area (Å²) in [5.74, 6) is 0.739. The molecule has 19 heavy (non-hydrogen) atoms. The molecule has 0 bridgehead atoms. The van der Waals surface area contributed by atoms with Gasteiger partial charge in [-0.3, -0.25) is 4.79 Å². The van der Waals surface area contributed by atoms with Crippen LogP contribution in [-0.2, 0) is 16.1 Å². The lowest BCUT2D eigenvalue weighted by atomic mass is 10.2. The highest BCUT2D eigenvalue weighted by atomic mass is 16.5. The molecule has 0 aliphatic heterocycles. The third-order valence-electron chi connectivity index (χ3n) is 2.71. The molecule has 0 saturated heterocycles. The minimum atomic E-state index is -0.0522. The summed E-state index contributed by atoms with van der Waals surface area (Å²) >= 11 is 0. The minimum Gasteiger partial charge on any atom is -0.383 e. The molecule has 1 aromatic rings. The molecule has 1 amide bonds. The van der Waals surface area contributed by atoms with Crippen molar-refractivity contribution in [2.75, 3.05) is 38.8 Å². The highest BCUT2D eigenvalue weighted by Crippen LogP contribution is 2.16. The van der Waals surface area contributed by atoms with Crippen LogP contribution in [0.4, 0.5) is 5.82 Å². The first-order valence-corrected chi connectivity index (χ1v) is 6.20. The predicted octanol–water partition coefficient (Wildman–Crippen LogP) is 0.0475. The lowest BCUT2D eigenvalue weighted by molar-refractivity contribution is -0.119. The number of aryl methyl sites for hydroxylation is 1. The van der Waals surface area contributed by atoms with Gasteiger partial charge >= 0.3 is 0 Å². The Morgan fingerprint density at radius 3 is 2.89 bits per heavy atom. The van der Waals surface area contributed by atoms with E-state index in [0.29, 0.717) is 19.7 Å². The number of nitrogens with one attached hydrogen (secondary N) is 1. The van der Waals surface area contributed by atoms with Crippen LogP contribution < -0.4 is 16.0 Å². The van der Waals surface area contributed by atoms with Crippen molar-refractivity contribution in [3.63, 3.8) is 0 Å². The van der Waals surface area contributed by atoms with Crippen molar-refractivity contribution in [2.45, 2.75) is 13.5 Å². The zero-order chi connectivity index (χ0) is 14.3. The lowest BCUT2D eigenvalue weighted by Gasteiger charge is -2.20. The molecule has 1 heterocycles. The van der Waals surface area contributed by atoms with Crippen LogP contribution in [0.5, 0.6) is 0 Å². The number of aromatic nitrogens is 1. The fraction of sp³-hybridized carbons (Fsp3) is 0.538. The monoisotopic (exact) mass is 266 g/mol. The summed E-state index contributed by atoms with van der Waals surface area (Å²) in [7, 11) is 3.44. The van der Waals surface area contributed by atoms with Crippen molar-refractivity contribution < 1.29 is 9.53 Å². The molecule has 0 unspecified atom stereocenters. The Balaban J connectivity index is 2.57. The van der Waals surface area contributed by atoms with Crippen LogP contribution in [0.2, 0.25) is 0 Å². The third-order valence-corrected chi connectivity index (χ3v) is 2.71. The summed E-state index contributed by atoms with van der Waals surface area (Å²) in [6.07, 6.45) is 1.74. The van der Waals surface area contributed by atoms with E-state index in [0.717, 1.165) is 16.9 Å². The van der Waals surface area contributed by atoms with Gasteiger partial charge in [0.15, 0.2) is 0 Å². The first-order chi connectivity index (χ1) is 9.08. The fourth-order valence-electron chi connectivity index (χ4n) is 1.78. The van der Waals surface area contributed by atoms with E-state index in [9.17, 15) is 4.79 Å². The number of methoxy groups -OCH3 is 1. The maximum absolute atomic E-state index is 11.7. The summed E-state index contributed by atoms with van der Waals surface area (Å²) in [4.78, 5) is 17.8. The number of anilines is 1. The zero-order valence-electron chi connectivity index (χ0n) is 11.8. The van der Waals surface area contributed by atoms with Gasteiger partial charge in [0.05, 0.1) is 13.2 Å². The second-order valence-electron chi connectivity index (χ2n) is 4.39. The van der Waals surface area contributed by atoms with Gasteiger partial charge in [0.25, 0.3) is 0 Å². The number of nitrogens with two attached hydrogens (primary N) is 1. The molecule has 0 spiro atoms. The van der Waals surface area contributed by atoms with Crippen LogP contribution >= 0.6 is 0 Å². The van der Waals surface area contributed by atoms with Crippen molar-refractivity contribution in [3.8, 4) is 0 Å². The summed E-state index contributed by atoms with van der Waals surface area (Å²) < 4.78 is 4.87. The molecular weight excluding hydrogens is 244 g/mol. The number of pyridine rings is 1. The molecule has 0 fully saturated rings. The van der Waals surface area contributed by atoms with Gasteiger partial charge in [0.1, 0.15) is 5.82 Å². The number of carbonyl (C=O) groups excluding carboxylic acids is 1. The first-order valence-electron chi connectivity index (χ1n) is 6.20. The normalized spacial score (nSPS) is 10.3. The van der Waals surface area contributed by atoms with E-state index in [4.69, 9.17) is 10.5 Å². The van der Waals surface area contributed by atoms with Crippen molar-refractivity contribution >= 4 is 11.7 Å². The Bertz CT molecular complexity index is 423. The molecule has 3 N–H and O–H groups in total. The van der Waals surface area contributed by atoms with Gasteiger partial charge in [-0.1, -0.05) is 0 Å². The largest absolute Gasteiger partial charge is 0.383 e. The molecule has 1 rings (SSSR count). The van der Waals surface area contributed by atoms with Crippen molar-refractivity contribution in [3.05, 3.63) is 23.4 Å². The number of nitrogens with zero attached hydrogens (tertiary/aromatic N) is 2. The van der Waals surface area contributed by atoms with Gasteiger partial charge in [-0.2, -0.15) is 0 Å². The minimum absolute atomic E-state index is 0.0522. The van der Waals surface area contributed by atoms with E-state index < -0.39 is 0 Å². The molecule has 0 aliphatic carbocycles. The molecule has 0 aromatic carbocycles. The Labute approximate surface area is 113 Å². The van der Waals surface area contributed by atoms with Gasteiger partial charge in [-0.15, -0.1) is 0 Å². The number of amides is 1.